The Hall–Kier alpha value is -3.73. The molecule has 3 heterocycles. The molecule has 0 spiro atoms. The molecule has 220 valence electrons. The number of amides is 1. The molecule has 0 radical (unpaired) electrons. The number of thiazole rings is 1. The first-order valence-electron chi connectivity index (χ1n) is 13.5. The van der Waals surface area contributed by atoms with E-state index in [1.54, 1.807) is 41.1 Å². The molecule has 0 aliphatic rings. The third-order valence-corrected chi connectivity index (χ3v) is 10.2. The maximum absolute atomic E-state index is 13.6. The van der Waals surface area contributed by atoms with Crippen LogP contribution in [0.2, 0.25) is 10.0 Å². The van der Waals surface area contributed by atoms with E-state index in [2.05, 4.69) is 16.9 Å². The first-order valence-corrected chi connectivity index (χ1v) is 16.9. The van der Waals surface area contributed by atoms with E-state index in [-0.39, 0.29) is 11.5 Å². The lowest BCUT2D eigenvalue weighted by Crippen LogP contribution is -2.22. The molecule has 6 nitrogen and oxygen atoms in total. The van der Waals surface area contributed by atoms with Gasteiger partial charge in [-0.3, -0.25) is 19.5 Å². The second kappa shape index (κ2) is 13.5. The first-order chi connectivity index (χ1) is 21.4. The van der Waals surface area contributed by atoms with Gasteiger partial charge in [-0.2, -0.15) is 0 Å². The molecule has 1 N–H and O–H groups in total. The molecular weight excluding hydrogens is 651 g/mol. The lowest BCUT2D eigenvalue weighted by atomic mass is 10.1. The van der Waals surface area contributed by atoms with Gasteiger partial charge in [-0.1, -0.05) is 83.5 Å². The number of anilines is 1. The van der Waals surface area contributed by atoms with Crippen LogP contribution in [0.3, 0.4) is 0 Å². The maximum Gasteiger partial charge on any atom is 0.263 e. The van der Waals surface area contributed by atoms with Crippen LogP contribution in [0.4, 0.5) is 5.13 Å². The number of halogens is 2. The Morgan fingerprint density at radius 2 is 1.86 bits per heavy atom. The van der Waals surface area contributed by atoms with Crippen molar-refractivity contribution in [2.24, 2.45) is 0 Å². The predicted molar refractivity (Wildman–Crippen MR) is 185 cm³/mol. The zero-order chi connectivity index (χ0) is 30.6. The summed E-state index contributed by atoms with van der Waals surface area (Å²) in [5, 5.41) is 7.88. The molecule has 6 aromatic rings. The van der Waals surface area contributed by atoms with E-state index in [0.29, 0.717) is 54.8 Å². The van der Waals surface area contributed by atoms with E-state index in [0.717, 1.165) is 27.1 Å². The van der Waals surface area contributed by atoms with Crippen molar-refractivity contribution in [3.63, 3.8) is 0 Å². The molecular formula is C33H24Cl2N4O2S3. The largest absolute Gasteiger partial charge is 0.298 e. The molecule has 0 atom stereocenters. The van der Waals surface area contributed by atoms with Gasteiger partial charge in [0.15, 0.2) is 10.3 Å². The maximum atomic E-state index is 13.6. The second-order valence-corrected chi connectivity index (χ2v) is 13.5. The molecule has 0 aliphatic heterocycles. The molecule has 0 fully saturated rings. The number of thioether (sulfide) groups is 1. The van der Waals surface area contributed by atoms with E-state index in [4.69, 9.17) is 28.2 Å². The molecule has 0 saturated carbocycles. The van der Waals surface area contributed by atoms with Crippen LogP contribution in [0.25, 0.3) is 21.3 Å². The fourth-order valence-electron chi connectivity index (χ4n) is 4.62. The number of rotatable bonds is 10. The molecule has 6 rings (SSSR count). The average molecular weight is 676 g/mol. The summed E-state index contributed by atoms with van der Waals surface area (Å²) in [4.78, 5) is 37.4. The van der Waals surface area contributed by atoms with Crippen LogP contribution in [0.5, 0.6) is 0 Å². The van der Waals surface area contributed by atoms with Crippen LogP contribution < -0.4 is 10.9 Å². The van der Waals surface area contributed by atoms with Gasteiger partial charge < -0.3 is 0 Å². The highest BCUT2D eigenvalue weighted by Crippen LogP contribution is 2.33. The molecule has 44 heavy (non-hydrogen) atoms. The van der Waals surface area contributed by atoms with Crippen molar-refractivity contribution in [2.45, 2.75) is 23.9 Å². The number of thiophene rings is 1. The van der Waals surface area contributed by atoms with E-state index in [1.165, 1.54) is 34.4 Å². The Balaban J connectivity index is 1.13. The van der Waals surface area contributed by atoms with Crippen LogP contribution in [0.15, 0.2) is 107 Å². The SMILES string of the molecule is C=CCn1c(SCc2ccc(C(=O)Nc3ncc(Cc4cc(Cl)ccc4Cl)s3)cc2)nc2scc(-c3ccccc3)c2c1=O. The summed E-state index contributed by atoms with van der Waals surface area (Å²) in [6.45, 7) is 4.20. The zero-order valence-electron chi connectivity index (χ0n) is 23.1. The number of benzene rings is 3. The molecule has 3 aromatic heterocycles. The summed E-state index contributed by atoms with van der Waals surface area (Å²) in [5.74, 6) is 0.334. The molecule has 3 aromatic carbocycles. The summed E-state index contributed by atoms with van der Waals surface area (Å²) in [6.07, 6.45) is 4.01. The van der Waals surface area contributed by atoms with Gasteiger partial charge in [0.2, 0.25) is 0 Å². The summed E-state index contributed by atoms with van der Waals surface area (Å²) >= 11 is 16.7. The van der Waals surface area contributed by atoms with Crippen LogP contribution in [0.1, 0.15) is 26.4 Å². The van der Waals surface area contributed by atoms with Crippen LogP contribution in [-0.4, -0.2) is 20.4 Å². The number of nitrogens with one attached hydrogen (secondary N) is 1. The Morgan fingerprint density at radius 1 is 1.07 bits per heavy atom. The van der Waals surface area contributed by atoms with Crippen LogP contribution >= 0.6 is 57.6 Å². The topological polar surface area (TPSA) is 76.9 Å². The van der Waals surface area contributed by atoms with Gasteiger partial charge in [-0.25, -0.2) is 9.97 Å². The molecule has 0 aliphatic carbocycles. The average Bonchev–Trinajstić information content (AvgIpc) is 3.67. The number of allylic oxidation sites excluding steroid dienone is 1. The third kappa shape index (κ3) is 6.67. The fraction of sp³-hybridized carbons (Fsp3) is 0.0909. The van der Waals surface area contributed by atoms with Crippen LogP contribution in [0, 0.1) is 0 Å². The van der Waals surface area contributed by atoms with Gasteiger partial charge in [-0.15, -0.1) is 29.3 Å². The minimum atomic E-state index is -0.246. The minimum Gasteiger partial charge on any atom is -0.298 e. The Morgan fingerprint density at radius 3 is 2.64 bits per heavy atom. The number of carbonyl (C=O) groups is 1. The Kier molecular flexibility index (Phi) is 9.30. The van der Waals surface area contributed by atoms with Crippen molar-refractivity contribution in [1.82, 2.24) is 14.5 Å². The first kappa shape index (κ1) is 30.3. The van der Waals surface area contributed by atoms with E-state index in [1.807, 2.05) is 53.9 Å². The van der Waals surface area contributed by atoms with E-state index in [9.17, 15) is 9.59 Å². The Labute approximate surface area is 276 Å². The highest BCUT2D eigenvalue weighted by molar-refractivity contribution is 7.98. The molecule has 11 heteroatoms. The smallest absolute Gasteiger partial charge is 0.263 e. The van der Waals surface area contributed by atoms with Crippen molar-refractivity contribution in [3.8, 4) is 11.1 Å². The molecule has 0 unspecified atom stereocenters. The quantitative estimate of drug-likeness (QED) is 0.0890. The molecule has 0 saturated heterocycles. The molecule has 0 bridgehead atoms. The fourth-order valence-corrected chi connectivity index (χ4v) is 7.78. The van der Waals surface area contributed by atoms with Crippen molar-refractivity contribution < 1.29 is 4.79 Å². The van der Waals surface area contributed by atoms with Gasteiger partial charge >= 0.3 is 0 Å². The highest BCUT2D eigenvalue weighted by Gasteiger charge is 2.17. The van der Waals surface area contributed by atoms with Gasteiger partial charge in [0, 0.05) is 56.3 Å². The third-order valence-electron chi connectivity index (χ3n) is 6.79. The monoisotopic (exact) mass is 674 g/mol. The number of fused-ring (bicyclic) bond motifs is 1. The summed E-state index contributed by atoms with van der Waals surface area (Å²) < 4.78 is 1.67. The van der Waals surface area contributed by atoms with Crippen molar-refractivity contribution in [3.05, 3.63) is 139 Å². The summed E-state index contributed by atoms with van der Waals surface area (Å²) in [5.41, 5.74) is 4.22. The highest BCUT2D eigenvalue weighted by atomic mass is 35.5. The number of nitrogens with zero attached hydrogens (tertiary/aromatic N) is 3. The summed E-state index contributed by atoms with van der Waals surface area (Å²) in [7, 11) is 0. The number of aromatic nitrogens is 3. The summed E-state index contributed by atoms with van der Waals surface area (Å²) in [6, 6.07) is 22.6. The van der Waals surface area contributed by atoms with Crippen molar-refractivity contribution >= 4 is 78.9 Å². The second-order valence-electron chi connectivity index (χ2n) is 9.78. The van der Waals surface area contributed by atoms with E-state index >= 15 is 0 Å². The lowest BCUT2D eigenvalue weighted by molar-refractivity contribution is 0.102. The normalized spacial score (nSPS) is 11.1. The standard InChI is InChI=1S/C33H24Cl2N4O2S3/c1-2-14-39-31(41)28-26(21-6-4-3-5-7-21)19-42-30(28)38-33(39)43-18-20-8-10-22(11-9-20)29(40)37-32-36-17-25(44-32)16-23-15-24(34)12-13-27(23)35/h2-13,15,17,19H,1,14,16,18H2,(H,36,37,40). The van der Waals surface area contributed by atoms with Gasteiger partial charge in [0.25, 0.3) is 11.5 Å². The zero-order valence-corrected chi connectivity index (χ0v) is 27.1. The van der Waals surface area contributed by atoms with Gasteiger partial charge in [0.1, 0.15) is 4.83 Å². The number of carbonyl (C=O) groups excluding carboxylic acids is 1. The van der Waals surface area contributed by atoms with Crippen molar-refractivity contribution in [2.75, 3.05) is 5.32 Å². The van der Waals surface area contributed by atoms with Gasteiger partial charge in [0.05, 0.1) is 5.39 Å². The minimum absolute atomic E-state index is 0.0782. The number of hydrogen-bond donors (Lipinski definition) is 1. The van der Waals surface area contributed by atoms with Crippen LogP contribution in [-0.2, 0) is 18.7 Å². The Bertz CT molecular complexity index is 2040. The number of hydrogen-bond acceptors (Lipinski definition) is 7. The van der Waals surface area contributed by atoms with E-state index < -0.39 is 0 Å². The molecule has 1 amide bonds. The predicted octanol–water partition coefficient (Wildman–Crippen LogP) is 9.21. The van der Waals surface area contributed by atoms with Crippen molar-refractivity contribution in [1.29, 1.82) is 0 Å². The van der Waals surface area contributed by atoms with Gasteiger partial charge in [-0.05, 0) is 47.0 Å². The lowest BCUT2D eigenvalue weighted by Gasteiger charge is -2.11.